The number of morpholine rings is 1. The molecule has 0 unspecified atom stereocenters. The number of halogens is 1. The molecule has 3 N–H and O–H groups in total. The SMILES string of the molecule is CC[C@H](C)[C@H](NC(=O)n1c(=O)n(CCN2CCOCC2)c2ccccc21)C(N)=O.Cl. The standard InChI is InChI=1S/C20H29N5O4.ClH/c1-3-14(2)17(18(21)26)22-19(27)25-16-7-5-4-6-15(16)24(20(25)28)9-8-23-10-12-29-13-11-23;/h4-7,14,17H,3,8-13H2,1-2H3,(H2,21,26)(H,22,27);1H/t14-,17-;/m0./s1. The number of fused-ring (bicyclic) bond motifs is 1. The van der Waals surface area contributed by atoms with E-state index in [1.165, 1.54) is 0 Å². The molecule has 0 radical (unpaired) electrons. The number of primary amides is 1. The maximum atomic E-state index is 13.1. The molecule has 1 aliphatic rings. The normalized spacial score (nSPS) is 16.6. The van der Waals surface area contributed by atoms with Crippen molar-refractivity contribution in [2.75, 3.05) is 32.8 Å². The molecule has 2 aromatic rings. The van der Waals surface area contributed by atoms with Crippen LogP contribution in [0.3, 0.4) is 0 Å². The molecule has 1 aliphatic heterocycles. The van der Waals surface area contributed by atoms with Crippen LogP contribution in [0.4, 0.5) is 4.79 Å². The van der Waals surface area contributed by atoms with Crippen LogP contribution in [-0.2, 0) is 16.1 Å². The number of benzene rings is 1. The summed E-state index contributed by atoms with van der Waals surface area (Å²) in [4.78, 5) is 40.1. The fourth-order valence-electron chi connectivity index (χ4n) is 3.61. The number of ether oxygens (including phenoxy) is 1. The van der Waals surface area contributed by atoms with Gasteiger partial charge < -0.3 is 15.8 Å². The van der Waals surface area contributed by atoms with Crippen molar-refractivity contribution in [3.05, 3.63) is 34.7 Å². The lowest BCUT2D eigenvalue weighted by Crippen LogP contribution is -2.51. The summed E-state index contributed by atoms with van der Waals surface area (Å²) in [7, 11) is 0. The molecule has 1 fully saturated rings. The van der Waals surface area contributed by atoms with Crippen LogP contribution in [0.2, 0.25) is 0 Å². The Labute approximate surface area is 181 Å². The van der Waals surface area contributed by atoms with Gasteiger partial charge in [0.1, 0.15) is 6.04 Å². The molecule has 0 bridgehead atoms. The Morgan fingerprint density at radius 3 is 2.40 bits per heavy atom. The maximum absolute atomic E-state index is 13.1. The topological polar surface area (TPSA) is 112 Å². The fourth-order valence-corrected chi connectivity index (χ4v) is 3.61. The first-order valence-corrected chi connectivity index (χ1v) is 10.0. The van der Waals surface area contributed by atoms with Crippen molar-refractivity contribution in [2.24, 2.45) is 11.7 Å². The average Bonchev–Trinajstić information content (AvgIpc) is 3.01. The molecule has 3 rings (SSSR count). The molecule has 30 heavy (non-hydrogen) atoms. The molecule has 2 atom stereocenters. The van der Waals surface area contributed by atoms with Crippen molar-refractivity contribution in [1.29, 1.82) is 0 Å². The van der Waals surface area contributed by atoms with Crippen molar-refractivity contribution in [3.8, 4) is 0 Å². The van der Waals surface area contributed by atoms with Crippen LogP contribution in [0, 0.1) is 5.92 Å². The number of imidazole rings is 1. The van der Waals surface area contributed by atoms with E-state index in [1.54, 1.807) is 16.7 Å². The highest BCUT2D eigenvalue weighted by atomic mass is 35.5. The van der Waals surface area contributed by atoms with Gasteiger partial charge in [-0.05, 0) is 18.1 Å². The fraction of sp³-hybridized carbons (Fsp3) is 0.550. The van der Waals surface area contributed by atoms with E-state index in [2.05, 4.69) is 10.2 Å². The quantitative estimate of drug-likeness (QED) is 0.668. The third-order valence-electron chi connectivity index (χ3n) is 5.58. The largest absolute Gasteiger partial charge is 0.379 e. The van der Waals surface area contributed by atoms with Gasteiger partial charge >= 0.3 is 11.7 Å². The summed E-state index contributed by atoms with van der Waals surface area (Å²) in [5.74, 6) is -0.751. The van der Waals surface area contributed by atoms with E-state index in [4.69, 9.17) is 10.5 Å². The van der Waals surface area contributed by atoms with Gasteiger partial charge in [0.25, 0.3) is 0 Å². The lowest BCUT2D eigenvalue weighted by molar-refractivity contribution is -0.120. The molecular weight excluding hydrogens is 410 g/mol. The monoisotopic (exact) mass is 439 g/mol. The molecule has 0 saturated carbocycles. The molecular formula is C20H30ClN5O4. The zero-order valence-corrected chi connectivity index (χ0v) is 18.2. The van der Waals surface area contributed by atoms with Crippen molar-refractivity contribution in [2.45, 2.75) is 32.9 Å². The predicted molar refractivity (Wildman–Crippen MR) is 117 cm³/mol. The van der Waals surface area contributed by atoms with Gasteiger partial charge in [-0.15, -0.1) is 12.4 Å². The second-order valence-electron chi connectivity index (χ2n) is 7.43. The van der Waals surface area contributed by atoms with E-state index >= 15 is 0 Å². The number of carbonyl (C=O) groups excluding carboxylic acids is 2. The van der Waals surface area contributed by atoms with Crippen molar-refractivity contribution in [3.63, 3.8) is 0 Å². The van der Waals surface area contributed by atoms with E-state index in [-0.39, 0.29) is 18.3 Å². The first-order valence-electron chi connectivity index (χ1n) is 10.0. The van der Waals surface area contributed by atoms with Crippen molar-refractivity contribution >= 4 is 35.4 Å². The highest BCUT2D eigenvalue weighted by molar-refractivity contribution is 5.92. The number of aromatic nitrogens is 2. The van der Waals surface area contributed by atoms with Crippen LogP contribution in [0.5, 0.6) is 0 Å². The van der Waals surface area contributed by atoms with Crippen LogP contribution in [0.15, 0.2) is 29.1 Å². The summed E-state index contributed by atoms with van der Waals surface area (Å²) in [6.07, 6.45) is 0.671. The summed E-state index contributed by atoms with van der Waals surface area (Å²) >= 11 is 0. The number of nitrogens with zero attached hydrogens (tertiary/aromatic N) is 3. The second kappa shape index (κ2) is 10.6. The Balaban J connectivity index is 0.00000320. The van der Waals surface area contributed by atoms with Crippen LogP contribution < -0.4 is 16.7 Å². The van der Waals surface area contributed by atoms with E-state index in [1.807, 2.05) is 26.0 Å². The first-order chi connectivity index (χ1) is 13.9. The van der Waals surface area contributed by atoms with Crippen LogP contribution in [0.25, 0.3) is 11.0 Å². The molecule has 166 valence electrons. The molecule has 0 spiro atoms. The van der Waals surface area contributed by atoms with E-state index in [0.717, 1.165) is 17.7 Å². The number of carbonyl (C=O) groups is 2. The lowest BCUT2D eigenvalue weighted by Gasteiger charge is -2.26. The Kier molecular flexibility index (Phi) is 8.45. The molecule has 10 heteroatoms. The zero-order valence-electron chi connectivity index (χ0n) is 17.4. The molecule has 1 aromatic heterocycles. The highest BCUT2D eigenvalue weighted by Crippen LogP contribution is 2.14. The number of nitrogens with two attached hydrogens (primary N) is 1. The molecule has 0 aliphatic carbocycles. The van der Waals surface area contributed by atoms with Gasteiger partial charge in [-0.3, -0.25) is 14.3 Å². The summed E-state index contributed by atoms with van der Waals surface area (Å²) < 4.78 is 8.06. The maximum Gasteiger partial charge on any atom is 0.337 e. The van der Waals surface area contributed by atoms with Gasteiger partial charge in [0.2, 0.25) is 5.91 Å². The number of hydrogen-bond acceptors (Lipinski definition) is 5. The molecule has 1 aromatic carbocycles. The smallest absolute Gasteiger partial charge is 0.337 e. The minimum Gasteiger partial charge on any atom is -0.379 e. The van der Waals surface area contributed by atoms with Gasteiger partial charge in [-0.2, -0.15) is 0 Å². The van der Waals surface area contributed by atoms with Gasteiger partial charge in [0, 0.05) is 26.2 Å². The summed E-state index contributed by atoms with van der Waals surface area (Å²) in [5, 5.41) is 2.64. The van der Waals surface area contributed by atoms with E-state index < -0.39 is 23.7 Å². The number of nitrogens with one attached hydrogen (secondary N) is 1. The summed E-state index contributed by atoms with van der Waals surface area (Å²) in [6, 6.07) is 5.68. The number of rotatable bonds is 7. The van der Waals surface area contributed by atoms with E-state index in [9.17, 15) is 14.4 Å². The van der Waals surface area contributed by atoms with Gasteiger partial charge in [0.15, 0.2) is 0 Å². The van der Waals surface area contributed by atoms with Gasteiger partial charge in [0.05, 0.1) is 24.2 Å². The Morgan fingerprint density at radius 1 is 1.17 bits per heavy atom. The number of amides is 2. The zero-order chi connectivity index (χ0) is 21.0. The summed E-state index contributed by atoms with van der Waals surface area (Å²) in [6.45, 7) is 7.92. The van der Waals surface area contributed by atoms with Crippen LogP contribution in [0.1, 0.15) is 20.3 Å². The minimum absolute atomic E-state index is 0. The van der Waals surface area contributed by atoms with Gasteiger partial charge in [-0.1, -0.05) is 32.4 Å². The third-order valence-corrected chi connectivity index (χ3v) is 5.58. The Hall–Kier alpha value is -2.36. The second-order valence-corrected chi connectivity index (χ2v) is 7.43. The number of hydrogen-bond donors (Lipinski definition) is 2. The van der Waals surface area contributed by atoms with Crippen LogP contribution in [-0.4, -0.2) is 64.9 Å². The van der Waals surface area contributed by atoms with Crippen molar-refractivity contribution in [1.82, 2.24) is 19.4 Å². The third kappa shape index (κ3) is 5.03. The molecule has 2 heterocycles. The van der Waals surface area contributed by atoms with Gasteiger partial charge in [-0.25, -0.2) is 14.2 Å². The lowest BCUT2D eigenvalue weighted by atomic mass is 9.99. The Morgan fingerprint density at radius 2 is 1.80 bits per heavy atom. The minimum atomic E-state index is -0.838. The first kappa shape index (κ1) is 23.9. The molecule has 9 nitrogen and oxygen atoms in total. The number of para-hydroxylation sites is 2. The molecule has 2 amide bonds. The average molecular weight is 440 g/mol. The van der Waals surface area contributed by atoms with Crippen molar-refractivity contribution < 1.29 is 14.3 Å². The van der Waals surface area contributed by atoms with E-state index in [0.29, 0.717) is 43.8 Å². The molecule has 1 saturated heterocycles. The Bertz CT molecular complexity index is 935. The van der Waals surface area contributed by atoms with Crippen LogP contribution >= 0.6 is 12.4 Å². The highest BCUT2D eigenvalue weighted by Gasteiger charge is 2.26. The summed E-state index contributed by atoms with van der Waals surface area (Å²) in [5.41, 5.74) is 6.22. The predicted octanol–water partition coefficient (Wildman–Crippen LogP) is 1.01.